The van der Waals surface area contributed by atoms with Crippen molar-refractivity contribution in [3.05, 3.63) is 199 Å². The average molecular weight is 714 g/mol. The molecule has 0 spiro atoms. The van der Waals surface area contributed by atoms with Crippen LogP contribution in [0.1, 0.15) is 29.3 Å². The van der Waals surface area contributed by atoms with Crippen LogP contribution in [-0.4, -0.2) is 14.4 Å². The van der Waals surface area contributed by atoms with Crippen molar-refractivity contribution in [1.29, 1.82) is 0 Å². The quantitative estimate of drug-likeness (QED) is 0.182. The van der Waals surface area contributed by atoms with Gasteiger partial charge in [-0.3, -0.25) is 0 Å². The Kier molecular flexibility index (Phi) is 6.82. The predicted octanol–water partition coefficient (Wildman–Crippen LogP) is 13.5. The van der Waals surface area contributed by atoms with Gasteiger partial charge < -0.3 is 4.40 Å². The van der Waals surface area contributed by atoms with Gasteiger partial charge in [-0.15, -0.1) is 0 Å². The summed E-state index contributed by atoms with van der Waals surface area (Å²) in [6.45, 7) is 0. The highest BCUT2D eigenvalue weighted by Gasteiger charge is 2.32. The van der Waals surface area contributed by atoms with E-state index in [1.165, 1.54) is 82.6 Å². The van der Waals surface area contributed by atoms with Crippen LogP contribution >= 0.6 is 0 Å². The second-order valence-corrected chi connectivity index (χ2v) is 15.2. The summed E-state index contributed by atoms with van der Waals surface area (Å²) < 4.78 is 2.52. The smallest absolute Gasteiger partial charge is 0.137 e. The molecule has 1 aliphatic rings. The molecular weight excluding hydrogens is 679 g/mol. The summed E-state index contributed by atoms with van der Waals surface area (Å²) in [6.07, 6.45) is 1.85. The highest BCUT2D eigenvalue weighted by Crippen LogP contribution is 2.51. The Labute approximate surface area is 324 Å². The largest absolute Gasteiger partial charge is 0.308 e. The van der Waals surface area contributed by atoms with Crippen molar-refractivity contribution >= 4 is 49.0 Å². The molecule has 0 fully saturated rings. The minimum absolute atomic E-state index is 0.0266. The summed E-state index contributed by atoms with van der Waals surface area (Å²) in [7, 11) is 0. The van der Waals surface area contributed by atoms with E-state index in [2.05, 4.69) is 186 Å². The summed E-state index contributed by atoms with van der Waals surface area (Å²) in [5, 5.41) is 6.23. The van der Waals surface area contributed by atoms with E-state index < -0.39 is 0 Å². The number of aromatic nitrogens is 3. The normalized spacial score (nSPS) is 14.1. The third-order valence-electron chi connectivity index (χ3n) is 12.2. The van der Waals surface area contributed by atoms with E-state index in [4.69, 9.17) is 9.97 Å². The van der Waals surface area contributed by atoms with Crippen molar-refractivity contribution in [2.45, 2.75) is 18.8 Å². The molecule has 0 saturated carbocycles. The lowest BCUT2D eigenvalue weighted by atomic mass is 9.85. The molecule has 8 aromatic carbocycles. The predicted molar refractivity (Wildman–Crippen MR) is 233 cm³/mol. The van der Waals surface area contributed by atoms with Crippen LogP contribution < -0.4 is 0 Å². The fourth-order valence-electron chi connectivity index (χ4n) is 9.61. The van der Waals surface area contributed by atoms with Gasteiger partial charge in [-0.1, -0.05) is 158 Å². The van der Waals surface area contributed by atoms with Gasteiger partial charge >= 0.3 is 0 Å². The zero-order valence-electron chi connectivity index (χ0n) is 30.7. The topological polar surface area (TPSA) is 30.2 Å². The molecule has 3 heterocycles. The van der Waals surface area contributed by atoms with Crippen molar-refractivity contribution in [1.82, 2.24) is 14.4 Å². The second kappa shape index (κ2) is 12.2. The van der Waals surface area contributed by atoms with Gasteiger partial charge in [0.1, 0.15) is 5.82 Å². The molecule has 0 N–H and O–H groups in total. The minimum atomic E-state index is -0.0266. The number of hydrogen-bond acceptors (Lipinski definition) is 2. The maximum atomic E-state index is 5.60. The zero-order valence-corrected chi connectivity index (χ0v) is 30.7. The van der Waals surface area contributed by atoms with Crippen LogP contribution in [0.4, 0.5) is 0 Å². The molecule has 262 valence electrons. The molecule has 11 aromatic rings. The van der Waals surface area contributed by atoms with Gasteiger partial charge in [0.05, 0.1) is 27.8 Å². The summed E-state index contributed by atoms with van der Waals surface area (Å²) in [5.74, 6) is 0.857. The highest BCUT2D eigenvalue weighted by molar-refractivity contribution is 6.26. The first kappa shape index (κ1) is 31.3. The van der Waals surface area contributed by atoms with E-state index in [-0.39, 0.29) is 5.92 Å². The lowest BCUT2D eigenvalue weighted by Gasteiger charge is -2.21. The molecule has 3 heteroatoms. The van der Waals surface area contributed by atoms with E-state index >= 15 is 0 Å². The molecule has 1 unspecified atom stereocenters. The Morgan fingerprint density at radius 1 is 0.446 bits per heavy atom. The molecule has 3 aromatic heterocycles. The Bertz CT molecular complexity index is 3290. The third-order valence-corrected chi connectivity index (χ3v) is 12.2. The van der Waals surface area contributed by atoms with E-state index in [0.29, 0.717) is 0 Å². The van der Waals surface area contributed by atoms with Gasteiger partial charge in [0.2, 0.25) is 0 Å². The Balaban J connectivity index is 1.14. The average Bonchev–Trinajstić information content (AvgIpc) is 3.72. The monoisotopic (exact) mass is 713 g/mol. The standard InChI is InChI=1S/C53H35N3/c1-3-13-33(14-4-1)35-23-25-37(26-24-35)51-41-19-9-11-21-46(41)54-53(55-51)43-30-27-36-17-7-8-18-39(36)44-32-45-40-29-28-38(34-15-5-2-6-16-34)31-48(40)56-47-22-12-10-20-42(47)50(49(43)44)52(45)56/h1-26,28-29,31-32,43H,27,30H2. The van der Waals surface area contributed by atoms with E-state index in [1.54, 1.807) is 0 Å². The molecule has 1 atom stereocenters. The summed E-state index contributed by atoms with van der Waals surface area (Å²) in [5.41, 5.74) is 17.0. The third kappa shape index (κ3) is 4.64. The summed E-state index contributed by atoms with van der Waals surface area (Å²) in [4.78, 5) is 11.1. The first-order valence-corrected chi connectivity index (χ1v) is 19.6. The Hall–Kier alpha value is -7.10. The van der Waals surface area contributed by atoms with Crippen LogP contribution in [0, 0.1) is 0 Å². The molecule has 56 heavy (non-hydrogen) atoms. The minimum Gasteiger partial charge on any atom is -0.308 e. The van der Waals surface area contributed by atoms with Gasteiger partial charge in [-0.25, -0.2) is 9.97 Å². The van der Waals surface area contributed by atoms with Crippen LogP contribution in [0.15, 0.2) is 182 Å². The maximum absolute atomic E-state index is 5.60. The summed E-state index contributed by atoms with van der Waals surface area (Å²) in [6, 6.07) is 66.2. The van der Waals surface area contributed by atoms with Gasteiger partial charge in [0.15, 0.2) is 0 Å². The molecule has 0 bridgehead atoms. The molecule has 0 amide bonds. The number of para-hydroxylation sites is 2. The van der Waals surface area contributed by atoms with Crippen LogP contribution in [0.5, 0.6) is 0 Å². The van der Waals surface area contributed by atoms with Crippen molar-refractivity contribution in [2.75, 3.05) is 0 Å². The van der Waals surface area contributed by atoms with Gasteiger partial charge in [-0.05, 0) is 81.6 Å². The van der Waals surface area contributed by atoms with Crippen LogP contribution in [-0.2, 0) is 6.42 Å². The molecule has 1 aliphatic carbocycles. The molecule has 3 nitrogen and oxygen atoms in total. The number of aryl methyl sites for hydroxylation is 1. The van der Waals surface area contributed by atoms with Crippen molar-refractivity contribution in [3.63, 3.8) is 0 Å². The molecule has 12 rings (SSSR count). The van der Waals surface area contributed by atoms with Crippen LogP contribution in [0.2, 0.25) is 0 Å². The number of nitrogens with zero attached hydrogens (tertiary/aromatic N) is 3. The highest BCUT2D eigenvalue weighted by atomic mass is 14.9. The van der Waals surface area contributed by atoms with Gasteiger partial charge in [0.25, 0.3) is 0 Å². The van der Waals surface area contributed by atoms with E-state index in [1.807, 2.05) is 0 Å². The first-order valence-electron chi connectivity index (χ1n) is 19.6. The molecule has 0 radical (unpaired) electrons. The van der Waals surface area contributed by atoms with E-state index in [0.717, 1.165) is 40.8 Å². The molecular formula is C53H35N3. The lowest BCUT2D eigenvalue weighted by Crippen LogP contribution is -2.09. The van der Waals surface area contributed by atoms with Crippen molar-refractivity contribution in [3.8, 4) is 44.6 Å². The number of rotatable bonds is 4. The van der Waals surface area contributed by atoms with Gasteiger partial charge in [0, 0.05) is 38.4 Å². The number of hydrogen-bond donors (Lipinski definition) is 0. The first-order chi connectivity index (χ1) is 27.8. The fraction of sp³-hybridized carbons (Fsp3) is 0.0566. The SMILES string of the molecule is c1ccc(-c2ccc(-c3nc(C4CCc5ccccc5-c5cc6c7ccc(-c8ccccc8)cc7n7c8ccccc8c(c54)c67)nc4ccccc34)cc2)cc1. The fourth-order valence-corrected chi connectivity index (χ4v) is 9.61. The maximum Gasteiger partial charge on any atom is 0.137 e. The van der Waals surface area contributed by atoms with Gasteiger partial charge in [-0.2, -0.15) is 0 Å². The zero-order chi connectivity index (χ0) is 36.7. The van der Waals surface area contributed by atoms with E-state index in [9.17, 15) is 0 Å². The number of benzene rings is 8. The second-order valence-electron chi connectivity index (χ2n) is 15.2. The number of fused-ring (bicyclic) bond motifs is 11. The lowest BCUT2D eigenvalue weighted by molar-refractivity contribution is 0.689. The summed E-state index contributed by atoms with van der Waals surface area (Å²) >= 11 is 0. The molecule has 0 aliphatic heterocycles. The van der Waals surface area contributed by atoms with Crippen molar-refractivity contribution < 1.29 is 0 Å². The van der Waals surface area contributed by atoms with Crippen LogP contribution in [0.25, 0.3) is 93.6 Å². The Morgan fingerprint density at radius 2 is 1.09 bits per heavy atom. The molecule has 0 saturated heterocycles. The Morgan fingerprint density at radius 3 is 1.91 bits per heavy atom. The van der Waals surface area contributed by atoms with Crippen LogP contribution in [0.3, 0.4) is 0 Å². The van der Waals surface area contributed by atoms with Crippen molar-refractivity contribution in [2.24, 2.45) is 0 Å².